The van der Waals surface area contributed by atoms with E-state index in [4.69, 9.17) is 4.52 Å². The van der Waals surface area contributed by atoms with Gasteiger partial charge in [-0.3, -0.25) is 9.59 Å². The van der Waals surface area contributed by atoms with E-state index in [1.54, 1.807) is 17.9 Å². The molecule has 2 amide bonds. The van der Waals surface area contributed by atoms with E-state index >= 15 is 0 Å². The van der Waals surface area contributed by atoms with E-state index in [2.05, 4.69) is 17.4 Å². The summed E-state index contributed by atoms with van der Waals surface area (Å²) in [5, 5.41) is 6.45. The molecule has 2 rings (SSSR count). The molecule has 1 aromatic carbocycles. The molecule has 158 valence electrons. The van der Waals surface area contributed by atoms with Crippen LogP contribution in [0.3, 0.4) is 0 Å². The van der Waals surface area contributed by atoms with Gasteiger partial charge in [0.2, 0.25) is 5.91 Å². The third-order valence-corrected chi connectivity index (χ3v) is 5.11. The van der Waals surface area contributed by atoms with Crippen molar-refractivity contribution in [3.05, 3.63) is 47.2 Å². The first-order valence-electron chi connectivity index (χ1n) is 10.6. The van der Waals surface area contributed by atoms with Crippen molar-refractivity contribution in [2.75, 3.05) is 11.9 Å². The Morgan fingerprint density at radius 2 is 1.86 bits per heavy atom. The molecule has 2 aromatic rings. The van der Waals surface area contributed by atoms with Crippen molar-refractivity contribution in [3.8, 4) is 0 Å². The van der Waals surface area contributed by atoms with Crippen molar-refractivity contribution in [1.29, 1.82) is 0 Å². The smallest absolute Gasteiger partial charge is 0.254 e. The van der Waals surface area contributed by atoms with Crippen LogP contribution in [0.25, 0.3) is 0 Å². The zero-order valence-corrected chi connectivity index (χ0v) is 18.0. The average Bonchev–Trinajstić information content (AvgIpc) is 3.13. The lowest BCUT2D eigenvalue weighted by atomic mass is 10.0. The summed E-state index contributed by atoms with van der Waals surface area (Å²) in [5.74, 6) is 0.546. The first-order valence-corrected chi connectivity index (χ1v) is 10.6. The SMILES string of the molecule is CCCCCCc1ccc(C(=O)N(CC(=O)Nc2cc(C)on2)[C@H](C)CC)cc1. The van der Waals surface area contributed by atoms with E-state index in [-0.39, 0.29) is 24.4 Å². The number of rotatable bonds is 11. The van der Waals surface area contributed by atoms with E-state index in [9.17, 15) is 9.59 Å². The van der Waals surface area contributed by atoms with E-state index in [0.717, 1.165) is 12.8 Å². The van der Waals surface area contributed by atoms with Gasteiger partial charge in [0.1, 0.15) is 12.3 Å². The fourth-order valence-electron chi connectivity index (χ4n) is 3.15. The maximum Gasteiger partial charge on any atom is 0.254 e. The normalized spacial score (nSPS) is 11.9. The van der Waals surface area contributed by atoms with Crippen LogP contribution in [0, 0.1) is 6.92 Å². The van der Waals surface area contributed by atoms with Crippen molar-refractivity contribution in [2.45, 2.75) is 72.3 Å². The number of nitrogens with zero attached hydrogens (tertiary/aromatic N) is 2. The van der Waals surface area contributed by atoms with Gasteiger partial charge < -0.3 is 14.7 Å². The Bertz CT molecular complexity index is 783. The quantitative estimate of drug-likeness (QED) is 0.540. The molecule has 0 aliphatic carbocycles. The summed E-state index contributed by atoms with van der Waals surface area (Å²) in [6.07, 6.45) is 6.68. The van der Waals surface area contributed by atoms with E-state index in [1.807, 2.05) is 38.1 Å². The minimum absolute atomic E-state index is 0.0292. The Morgan fingerprint density at radius 3 is 2.45 bits per heavy atom. The monoisotopic (exact) mass is 399 g/mol. The van der Waals surface area contributed by atoms with Crippen LogP contribution < -0.4 is 5.32 Å². The van der Waals surface area contributed by atoms with Crippen LogP contribution in [0.5, 0.6) is 0 Å². The zero-order valence-electron chi connectivity index (χ0n) is 18.0. The number of aromatic nitrogens is 1. The molecule has 0 aliphatic heterocycles. The molecule has 1 atom stereocenters. The number of anilines is 1. The number of nitrogens with one attached hydrogen (secondary N) is 1. The van der Waals surface area contributed by atoms with Crippen LogP contribution in [0.4, 0.5) is 5.82 Å². The summed E-state index contributed by atoms with van der Waals surface area (Å²) in [6.45, 7) is 7.89. The molecule has 0 saturated carbocycles. The van der Waals surface area contributed by atoms with Gasteiger partial charge in [-0.1, -0.05) is 50.4 Å². The van der Waals surface area contributed by atoms with Gasteiger partial charge >= 0.3 is 0 Å². The van der Waals surface area contributed by atoms with Gasteiger partial charge in [0, 0.05) is 17.7 Å². The van der Waals surface area contributed by atoms with Crippen LogP contribution in [-0.4, -0.2) is 34.5 Å². The standard InChI is InChI=1S/C23H33N3O3/c1-5-7-8-9-10-19-11-13-20(14-12-19)23(28)26(17(3)6-2)16-22(27)24-21-15-18(4)29-25-21/h11-15,17H,5-10,16H2,1-4H3,(H,24,25,27)/t17-/m1/s1. The van der Waals surface area contributed by atoms with Gasteiger partial charge in [0.25, 0.3) is 5.91 Å². The Balaban J connectivity index is 2.01. The molecule has 0 unspecified atom stereocenters. The maximum absolute atomic E-state index is 13.1. The molecular weight excluding hydrogens is 366 g/mol. The number of hydrogen-bond acceptors (Lipinski definition) is 4. The molecule has 6 nitrogen and oxygen atoms in total. The third kappa shape index (κ3) is 7.04. The largest absolute Gasteiger partial charge is 0.360 e. The molecule has 0 saturated heterocycles. The molecule has 1 N–H and O–H groups in total. The van der Waals surface area contributed by atoms with Crippen LogP contribution in [0.1, 0.15) is 74.6 Å². The van der Waals surface area contributed by atoms with Crippen LogP contribution in [0.2, 0.25) is 0 Å². The highest BCUT2D eigenvalue weighted by Gasteiger charge is 2.23. The summed E-state index contributed by atoms with van der Waals surface area (Å²) in [5.41, 5.74) is 1.85. The molecule has 0 aliphatic rings. The second-order valence-corrected chi connectivity index (χ2v) is 7.57. The van der Waals surface area contributed by atoms with Crippen molar-refractivity contribution in [2.24, 2.45) is 0 Å². The van der Waals surface area contributed by atoms with Crippen LogP contribution >= 0.6 is 0 Å². The highest BCUT2D eigenvalue weighted by molar-refractivity contribution is 5.99. The number of hydrogen-bond donors (Lipinski definition) is 1. The number of aryl methyl sites for hydroxylation is 2. The lowest BCUT2D eigenvalue weighted by Crippen LogP contribution is -2.43. The fourth-order valence-corrected chi connectivity index (χ4v) is 3.15. The number of carbonyl (C=O) groups is 2. The minimum Gasteiger partial charge on any atom is -0.360 e. The minimum atomic E-state index is -0.292. The van der Waals surface area contributed by atoms with Crippen molar-refractivity contribution >= 4 is 17.6 Å². The second-order valence-electron chi connectivity index (χ2n) is 7.57. The van der Waals surface area contributed by atoms with Gasteiger partial charge in [-0.25, -0.2) is 0 Å². The second kappa shape index (κ2) is 11.4. The van der Waals surface area contributed by atoms with Crippen molar-refractivity contribution in [1.82, 2.24) is 10.1 Å². The van der Waals surface area contributed by atoms with Crippen molar-refractivity contribution < 1.29 is 14.1 Å². The fraction of sp³-hybridized carbons (Fsp3) is 0.522. The number of carbonyl (C=O) groups excluding carboxylic acids is 2. The number of benzene rings is 1. The average molecular weight is 400 g/mol. The predicted octanol–water partition coefficient (Wildman–Crippen LogP) is 4.99. The molecule has 29 heavy (non-hydrogen) atoms. The molecule has 1 heterocycles. The first-order chi connectivity index (χ1) is 13.9. The molecule has 0 spiro atoms. The molecule has 6 heteroatoms. The van der Waals surface area contributed by atoms with Crippen molar-refractivity contribution in [3.63, 3.8) is 0 Å². The summed E-state index contributed by atoms with van der Waals surface area (Å²) in [4.78, 5) is 27.1. The van der Waals surface area contributed by atoms with E-state index < -0.39 is 0 Å². The predicted molar refractivity (Wildman–Crippen MR) is 115 cm³/mol. The Kier molecular flexibility index (Phi) is 8.90. The van der Waals surface area contributed by atoms with E-state index in [1.165, 1.54) is 31.2 Å². The lowest BCUT2D eigenvalue weighted by molar-refractivity contribution is -0.117. The first kappa shape index (κ1) is 22.7. The Labute approximate surface area is 173 Å². The topological polar surface area (TPSA) is 75.4 Å². The highest BCUT2D eigenvalue weighted by atomic mass is 16.5. The van der Waals surface area contributed by atoms with Crippen LogP contribution in [-0.2, 0) is 11.2 Å². The molecule has 1 aromatic heterocycles. The lowest BCUT2D eigenvalue weighted by Gasteiger charge is -2.28. The summed E-state index contributed by atoms with van der Waals surface area (Å²) >= 11 is 0. The summed E-state index contributed by atoms with van der Waals surface area (Å²) in [7, 11) is 0. The Morgan fingerprint density at radius 1 is 1.14 bits per heavy atom. The molecule has 0 fully saturated rings. The maximum atomic E-state index is 13.1. The zero-order chi connectivity index (χ0) is 21.2. The molecule has 0 bridgehead atoms. The third-order valence-electron chi connectivity index (χ3n) is 5.11. The molecule has 0 radical (unpaired) electrons. The van der Waals surface area contributed by atoms with Gasteiger partial charge in [-0.05, 0) is 50.8 Å². The summed E-state index contributed by atoms with van der Waals surface area (Å²) in [6, 6.07) is 9.36. The highest BCUT2D eigenvalue weighted by Crippen LogP contribution is 2.15. The van der Waals surface area contributed by atoms with Gasteiger partial charge in [-0.2, -0.15) is 0 Å². The number of unbranched alkanes of at least 4 members (excludes halogenated alkanes) is 3. The summed E-state index contributed by atoms with van der Waals surface area (Å²) < 4.78 is 4.96. The Hall–Kier alpha value is -2.63. The van der Waals surface area contributed by atoms with Gasteiger partial charge in [0.05, 0.1) is 0 Å². The van der Waals surface area contributed by atoms with E-state index in [0.29, 0.717) is 17.1 Å². The van der Waals surface area contributed by atoms with Crippen LogP contribution in [0.15, 0.2) is 34.9 Å². The molecular formula is C23H33N3O3. The number of amides is 2. The van der Waals surface area contributed by atoms with Gasteiger partial charge in [-0.15, -0.1) is 0 Å². The van der Waals surface area contributed by atoms with Gasteiger partial charge in [0.15, 0.2) is 5.82 Å².